The molecule has 0 aliphatic carbocycles. The van der Waals surface area contributed by atoms with Gasteiger partial charge in [-0.2, -0.15) is 0 Å². The van der Waals surface area contributed by atoms with Gasteiger partial charge in [0, 0.05) is 0 Å². The normalized spacial score (nSPS) is 11.9. The molecule has 0 unspecified atom stereocenters. The van der Waals surface area contributed by atoms with Gasteiger partial charge in [0.15, 0.2) is 0 Å². The Morgan fingerprint density at radius 2 is 0.852 bits per heavy atom. The minimum absolute atomic E-state index is 0.0409. The van der Waals surface area contributed by atoms with Crippen LogP contribution in [-0.2, 0) is 9.84 Å². The van der Waals surface area contributed by atoms with Crippen molar-refractivity contribution >= 4 is 31.4 Å². The summed E-state index contributed by atoms with van der Waals surface area (Å²) in [4.78, 5) is 46.8. The van der Waals surface area contributed by atoms with E-state index in [0.29, 0.717) is 0 Å². The summed E-state index contributed by atoms with van der Waals surface area (Å²) < 4.78 is 25.8. The molecular weight excluding hydrogens is 376 g/mol. The number of hydrogen-bond acceptors (Lipinski definition) is 6. The van der Waals surface area contributed by atoms with Gasteiger partial charge in [-0.3, -0.25) is 39.6 Å². The fourth-order valence-corrected chi connectivity index (χ4v) is 4.10. The van der Waals surface area contributed by atoms with Crippen LogP contribution in [-0.4, -0.2) is 28.8 Å². The van der Waals surface area contributed by atoms with Crippen molar-refractivity contribution in [2.45, 2.75) is 9.79 Å². The van der Waals surface area contributed by atoms with E-state index in [1.807, 2.05) is 0 Å². The van der Waals surface area contributed by atoms with Crippen LogP contribution in [0.1, 0.15) is 0 Å². The van der Waals surface area contributed by atoms with Crippen molar-refractivity contribution in [3.05, 3.63) is 77.8 Å². The lowest BCUT2D eigenvalue weighted by molar-refractivity contribution is 0.596. The Morgan fingerprint density at radius 1 is 0.519 bits per heavy atom. The Labute approximate surface area is 148 Å². The van der Waals surface area contributed by atoms with E-state index in [1.54, 1.807) is 0 Å². The maximum Gasteiger partial charge on any atom is 0.270 e. The van der Waals surface area contributed by atoms with Crippen molar-refractivity contribution in [3.8, 4) is 0 Å². The number of aromatic nitrogens is 4. The third-order valence-electron chi connectivity index (χ3n) is 4.16. The summed E-state index contributed by atoms with van der Waals surface area (Å²) in [7, 11) is -4.11. The maximum atomic E-state index is 12.9. The number of H-pyrrole nitrogens is 4. The van der Waals surface area contributed by atoms with Crippen molar-refractivity contribution in [2.24, 2.45) is 0 Å². The molecule has 0 aliphatic rings. The first-order valence-corrected chi connectivity index (χ1v) is 9.02. The summed E-state index contributed by atoms with van der Waals surface area (Å²) in [5.41, 5.74) is -2.43. The van der Waals surface area contributed by atoms with E-state index in [-0.39, 0.29) is 31.3 Å². The molecule has 0 saturated heterocycles. The van der Waals surface area contributed by atoms with Crippen LogP contribution in [0.2, 0.25) is 0 Å². The van der Waals surface area contributed by atoms with Gasteiger partial charge in [-0.1, -0.05) is 0 Å². The molecule has 4 N–H and O–H groups in total. The molecule has 0 aliphatic heterocycles. The van der Waals surface area contributed by atoms with Crippen molar-refractivity contribution in [3.63, 3.8) is 0 Å². The summed E-state index contributed by atoms with van der Waals surface area (Å²) in [6, 6.07) is 7.02. The molecule has 2 aromatic carbocycles. The van der Waals surface area contributed by atoms with Crippen molar-refractivity contribution in [1.29, 1.82) is 0 Å². The monoisotopic (exact) mass is 386 g/mol. The second-order valence-corrected chi connectivity index (χ2v) is 7.68. The Bertz CT molecular complexity index is 1460. The van der Waals surface area contributed by atoms with Gasteiger partial charge >= 0.3 is 0 Å². The topological polar surface area (TPSA) is 166 Å². The summed E-state index contributed by atoms with van der Waals surface area (Å²) in [6.45, 7) is 0. The minimum atomic E-state index is -4.11. The molecule has 27 heavy (non-hydrogen) atoms. The number of nitrogens with one attached hydrogen (secondary N) is 4. The molecule has 136 valence electrons. The SMILES string of the molecule is O=c1[nH][nH]c(=O)c2cc(S(=O)(=O)c3ccc4c(=O)[nH][nH]c(=O)c4c3)ccc12. The van der Waals surface area contributed by atoms with E-state index >= 15 is 0 Å². The third-order valence-corrected chi connectivity index (χ3v) is 5.91. The number of aromatic amines is 4. The molecule has 0 saturated carbocycles. The zero-order valence-electron chi connectivity index (χ0n) is 13.3. The first-order chi connectivity index (χ1) is 12.8. The van der Waals surface area contributed by atoms with Gasteiger partial charge in [0.05, 0.1) is 31.3 Å². The van der Waals surface area contributed by atoms with Gasteiger partial charge in [0.2, 0.25) is 9.84 Å². The predicted octanol–water partition coefficient (Wildman–Crippen LogP) is -0.421. The lowest BCUT2D eigenvalue weighted by Crippen LogP contribution is -2.20. The fraction of sp³-hybridized carbons (Fsp3) is 0. The van der Waals surface area contributed by atoms with E-state index in [2.05, 4.69) is 20.4 Å². The second kappa shape index (κ2) is 5.64. The molecule has 0 fully saturated rings. The third kappa shape index (κ3) is 2.52. The van der Waals surface area contributed by atoms with Crippen LogP contribution in [0, 0.1) is 0 Å². The number of benzene rings is 2. The Balaban J connectivity index is 1.99. The Kier molecular flexibility index (Phi) is 3.49. The molecular formula is C16H10N4O6S. The number of hydrogen-bond donors (Lipinski definition) is 4. The minimum Gasteiger partial charge on any atom is -0.267 e. The highest BCUT2D eigenvalue weighted by Crippen LogP contribution is 2.24. The number of rotatable bonds is 2. The van der Waals surface area contributed by atoms with Crippen LogP contribution in [0.15, 0.2) is 65.4 Å². The van der Waals surface area contributed by atoms with Gasteiger partial charge in [0.25, 0.3) is 22.2 Å². The van der Waals surface area contributed by atoms with Crippen molar-refractivity contribution in [1.82, 2.24) is 20.4 Å². The molecule has 4 aromatic rings. The van der Waals surface area contributed by atoms with E-state index in [4.69, 9.17) is 0 Å². The second-order valence-electron chi connectivity index (χ2n) is 5.73. The van der Waals surface area contributed by atoms with Gasteiger partial charge in [-0.15, -0.1) is 0 Å². The van der Waals surface area contributed by atoms with E-state index in [0.717, 1.165) is 12.1 Å². The van der Waals surface area contributed by atoms with Gasteiger partial charge in [0.1, 0.15) is 0 Å². The predicted molar refractivity (Wildman–Crippen MR) is 95.8 cm³/mol. The number of sulfone groups is 1. The van der Waals surface area contributed by atoms with Crippen LogP contribution in [0.5, 0.6) is 0 Å². The van der Waals surface area contributed by atoms with Crippen LogP contribution < -0.4 is 22.2 Å². The zero-order chi connectivity index (χ0) is 19.3. The molecule has 0 atom stereocenters. The van der Waals surface area contributed by atoms with Crippen LogP contribution in [0.4, 0.5) is 0 Å². The molecule has 0 radical (unpaired) electrons. The standard InChI is InChI=1S/C16H10N4O6S/c21-13-9-3-1-7(5-11(9)15(23)19-17-13)27(25,26)8-2-4-10-12(6-8)16(24)20-18-14(10)22/h1-6H,(H,17,21)(H,18,22)(H,19,23)(H,20,24). The number of fused-ring (bicyclic) bond motifs is 2. The molecule has 11 heteroatoms. The van der Waals surface area contributed by atoms with Crippen LogP contribution >= 0.6 is 0 Å². The quantitative estimate of drug-likeness (QED) is 0.365. The molecule has 4 rings (SSSR count). The highest BCUT2D eigenvalue weighted by molar-refractivity contribution is 7.91. The molecule has 2 heterocycles. The van der Waals surface area contributed by atoms with Crippen molar-refractivity contribution < 1.29 is 8.42 Å². The van der Waals surface area contributed by atoms with Gasteiger partial charge in [-0.25, -0.2) is 8.42 Å². The van der Waals surface area contributed by atoms with E-state index in [1.165, 1.54) is 24.3 Å². The summed E-state index contributed by atoms with van der Waals surface area (Å²) >= 11 is 0. The molecule has 10 nitrogen and oxygen atoms in total. The first-order valence-electron chi connectivity index (χ1n) is 7.53. The average molecular weight is 386 g/mol. The summed E-state index contributed by atoms with van der Waals surface area (Å²) in [5, 5.41) is 8.46. The Morgan fingerprint density at radius 3 is 1.22 bits per heavy atom. The molecule has 0 spiro atoms. The van der Waals surface area contributed by atoms with Crippen LogP contribution in [0.25, 0.3) is 21.5 Å². The summed E-state index contributed by atoms with van der Waals surface area (Å²) in [5.74, 6) is 0. The first kappa shape index (κ1) is 16.7. The smallest absolute Gasteiger partial charge is 0.267 e. The van der Waals surface area contributed by atoms with Crippen LogP contribution in [0.3, 0.4) is 0 Å². The van der Waals surface area contributed by atoms with Gasteiger partial charge in [-0.05, 0) is 36.4 Å². The van der Waals surface area contributed by atoms with E-state index in [9.17, 15) is 27.6 Å². The fourth-order valence-electron chi connectivity index (χ4n) is 2.79. The highest BCUT2D eigenvalue weighted by atomic mass is 32.2. The zero-order valence-corrected chi connectivity index (χ0v) is 14.1. The van der Waals surface area contributed by atoms with E-state index < -0.39 is 32.1 Å². The lowest BCUT2D eigenvalue weighted by atomic mass is 10.2. The molecule has 0 bridgehead atoms. The molecule has 0 amide bonds. The van der Waals surface area contributed by atoms with Crippen molar-refractivity contribution in [2.75, 3.05) is 0 Å². The Hall–Kier alpha value is -3.73. The molecule has 2 aromatic heterocycles. The van der Waals surface area contributed by atoms with Gasteiger partial charge < -0.3 is 0 Å². The summed E-state index contributed by atoms with van der Waals surface area (Å²) in [6.07, 6.45) is 0. The average Bonchev–Trinajstić information content (AvgIpc) is 2.67. The highest BCUT2D eigenvalue weighted by Gasteiger charge is 2.20. The lowest BCUT2D eigenvalue weighted by Gasteiger charge is -2.06. The maximum absolute atomic E-state index is 12.9. The largest absolute Gasteiger partial charge is 0.270 e.